The molecule has 2 aromatic rings. The fourth-order valence-corrected chi connectivity index (χ4v) is 2.24. The van der Waals surface area contributed by atoms with Gasteiger partial charge in [0.1, 0.15) is 5.82 Å². The van der Waals surface area contributed by atoms with Crippen LogP contribution in [0.2, 0.25) is 0 Å². The van der Waals surface area contributed by atoms with Gasteiger partial charge in [0, 0.05) is 24.0 Å². The third-order valence-corrected chi connectivity index (χ3v) is 3.40. The Hall–Kier alpha value is -1.53. The molecule has 1 aliphatic carbocycles. The van der Waals surface area contributed by atoms with Gasteiger partial charge in [-0.15, -0.1) is 0 Å². The van der Waals surface area contributed by atoms with Gasteiger partial charge in [-0.2, -0.15) is 9.36 Å². The van der Waals surface area contributed by atoms with Gasteiger partial charge in [-0.25, -0.2) is 4.39 Å². The van der Waals surface area contributed by atoms with E-state index in [9.17, 15) is 4.39 Å². The SMILES string of the molecule is NCc1ccc(Oc2nc(C3CC3)ns2)c(F)c1. The van der Waals surface area contributed by atoms with Crippen LogP contribution in [0.25, 0.3) is 0 Å². The minimum absolute atomic E-state index is 0.158. The van der Waals surface area contributed by atoms with Gasteiger partial charge < -0.3 is 10.5 Å². The van der Waals surface area contributed by atoms with Crippen molar-refractivity contribution in [1.82, 2.24) is 9.36 Å². The molecule has 0 aliphatic heterocycles. The summed E-state index contributed by atoms with van der Waals surface area (Å²) >= 11 is 1.16. The van der Waals surface area contributed by atoms with Gasteiger partial charge in [0.25, 0.3) is 5.19 Å². The molecule has 1 heterocycles. The molecule has 4 nitrogen and oxygen atoms in total. The number of hydrogen-bond acceptors (Lipinski definition) is 5. The molecular weight excluding hydrogens is 253 g/mol. The second-order valence-electron chi connectivity index (χ2n) is 4.26. The highest BCUT2D eigenvalue weighted by Gasteiger charge is 2.28. The number of aromatic nitrogens is 2. The summed E-state index contributed by atoms with van der Waals surface area (Å²) in [6, 6.07) is 4.68. The van der Waals surface area contributed by atoms with Crippen LogP contribution >= 0.6 is 11.5 Å². The maximum atomic E-state index is 13.7. The van der Waals surface area contributed by atoms with Crippen LogP contribution in [-0.4, -0.2) is 9.36 Å². The number of nitrogens with two attached hydrogens (primary N) is 1. The second-order valence-corrected chi connectivity index (χ2v) is 4.98. The summed E-state index contributed by atoms with van der Waals surface area (Å²) in [7, 11) is 0. The zero-order valence-corrected chi connectivity index (χ0v) is 10.4. The molecule has 0 atom stereocenters. The standard InChI is InChI=1S/C12H12FN3OS/c13-9-5-7(6-14)1-4-10(9)17-12-15-11(16-18-12)8-2-3-8/h1,4-5,8H,2-3,6,14H2. The quantitative estimate of drug-likeness (QED) is 0.923. The van der Waals surface area contributed by atoms with Crippen molar-refractivity contribution >= 4 is 11.5 Å². The van der Waals surface area contributed by atoms with Crippen molar-refractivity contribution in [3.8, 4) is 10.9 Å². The average Bonchev–Trinajstić information content (AvgIpc) is 3.13. The van der Waals surface area contributed by atoms with E-state index in [0.29, 0.717) is 17.7 Å². The zero-order valence-electron chi connectivity index (χ0n) is 9.60. The molecule has 1 aromatic carbocycles. The summed E-state index contributed by atoms with van der Waals surface area (Å²) in [4.78, 5) is 4.25. The number of nitrogens with zero attached hydrogens (tertiary/aromatic N) is 2. The Morgan fingerprint density at radius 3 is 2.94 bits per heavy atom. The Kier molecular flexibility index (Phi) is 2.97. The van der Waals surface area contributed by atoms with Gasteiger partial charge in [-0.05, 0) is 30.5 Å². The van der Waals surface area contributed by atoms with E-state index in [2.05, 4.69) is 9.36 Å². The molecule has 94 valence electrons. The summed E-state index contributed by atoms with van der Waals surface area (Å²) in [5.41, 5.74) is 6.17. The summed E-state index contributed by atoms with van der Waals surface area (Å²) in [5.74, 6) is 1.02. The molecule has 0 bridgehead atoms. The Morgan fingerprint density at radius 2 is 2.28 bits per heavy atom. The first-order valence-corrected chi connectivity index (χ1v) is 6.53. The Morgan fingerprint density at radius 1 is 1.44 bits per heavy atom. The molecule has 1 saturated carbocycles. The molecule has 0 spiro atoms. The fraction of sp³-hybridized carbons (Fsp3) is 0.333. The molecule has 0 saturated heterocycles. The van der Waals surface area contributed by atoms with Gasteiger partial charge in [-0.3, -0.25) is 0 Å². The predicted octanol–water partition coefficient (Wildman–Crippen LogP) is 2.81. The second kappa shape index (κ2) is 4.62. The van der Waals surface area contributed by atoms with Crippen LogP contribution in [0.1, 0.15) is 30.1 Å². The minimum atomic E-state index is -0.430. The maximum absolute atomic E-state index is 13.7. The third kappa shape index (κ3) is 2.34. The summed E-state index contributed by atoms with van der Waals surface area (Å²) in [5, 5.41) is 0.385. The lowest BCUT2D eigenvalue weighted by Crippen LogP contribution is -1.97. The lowest BCUT2D eigenvalue weighted by molar-refractivity contribution is 0.438. The first-order chi connectivity index (χ1) is 8.76. The van der Waals surface area contributed by atoms with E-state index in [-0.39, 0.29) is 5.75 Å². The topological polar surface area (TPSA) is 61.0 Å². The van der Waals surface area contributed by atoms with Crippen molar-refractivity contribution in [3.63, 3.8) is 0 Å². The van der Waals surface area contributed by atoms with Gasteiger partial charge in [-0.1, -0.05) is 6.07 Å². The van der Waals surface area contributed by atoms with Crippen molar-refractivity contribution in [3.05, 3.63) is 35.4 Å². The van der Waals surface area contributed by atoms with Crippen molar-refractivity contribution in [2.24, 2.45) is 5.73 Å². The maximum Gasteiger partial charge on any atom is 0.298 e. The van der Waals surface area contributed by atoms with E-state index in [1.54, 1.807) is 12.1 Å². The number of rotatable bonds is 4. The predicted molar refractivity (Wildman–Crippen MR) is 66.2 cm³/mol. The zero-order chi connectivity index (χ0) is 12.5. The van der Waals surface area contributed by atoms with Crippen molar-refractivity contribution in [2.75, 3.05) is 0 Å². The fourth-order valence-electron chi connectivity index (χ4n) is 1.62. The molecule has 1 aromatic heterocycles. The normalized spacial score (nSPS) is 14.8. The van der Waals surface area contributed by atoms with Crippen LogP contribution in [0.4, 0.5) is 4.39 Å². The van der Waals surface area contributed by atoms with Crippen molar-refractivity contribution in [1.29, 1.82) is 0 Å². The van der Waals surface area contributed by atoms with E-state index >= 15 is 0 Å². The van der Waals surface area contributed by atoms with E-state index in [4.69, 9.17) is 10.5 Å². The molecule has 0 amide bonds. The minimum Gasteiger partial charge on any atom is -0.427 e. The molecule has 2 N–H and O–H groups in total. The Bertz CT molecular complexity index is 568. The smallest absolute Gasteiger partial charge is 0.298 e. The molecule has 1 fully saturated rings. The van der Waals surface area contributed by atoms with E-state index in [1.807, 2.05) is 0 Å². The lowest BCUT2D eigenvalue weighted by atomic mass is 10.2. The monoisotopic (exact) mass is 265 g/mol. The van der Waals surface area contributed by atoms with Crippen molar-refractivity contribution < 1.29 is 9.13 Å². The van der Waals surface area contributed by atoms with Crippen LogP contribution in [0.15, 0.2) is 18.2 Å². The summed E-state index contributed by atoms with van der Waals surface area (Å²) < 4.78 is 23.3. The van der Waals surface area contributed by atoms with Gasteiger partial charge >= 0.3 is 0 Å². The number of hydrogen-bond donors (Lipinski definition) is 1. The van der Waals surface area contributed by atoms with E-state index in [1.165, 1.54) is 6.07 Å². The summed E-state index contributed by atoms with van der Waals surface area (Å²) in [6.07, 6.45) is 2.27. The Labute approximate surface area is 108 Å². The van der Waals surface area contributed by atoms with Crippen LogP contribution in [-0.2, 0) is 6.54 Å². The number of halogens is 1. The summed E-state index contributed by atoms with van der Waals surface area (Å²) in [6.45, 7) is 0.307. The molecule has 18 heavy (non-hydrogen) atoms. The molecule has 1 aliphatic rings. The van der Waals surface area contributed by atoms with Crippen molar-refractivity contribution in [2.45, 2.75) is 25.3 Å². The Balaban J connectivity index is 1.78. The molecule has 0 radical (unpaired) electrons. The number of ether oxygens (including phenoxy) is 1. The van der Waals surface area contributed by atoms with Crippen LogP contribution in [0.3, 0.4) is 0 Å². The largest absolute Gasteiger partial charge is 0.427 e. The highest BCUT2D eigenvalue weighted by atomic mass is 32.1. The molecule has 0 unspecified atom stereocenters. The van der Waals surface area contributed by atoms with Crippen LogP contribution in [0, 0.1) is 5.82 Å². The van der Waals surface area contributed by atoms with Crippen LogP contribution < -0.4 is 10.5 Å². The van der Waals surface area contributed by atoms with Crippen LogP contribution in [0.5, 0.6) is 10.9 Å². The lowest BCUT2D eigenvalue weighted by Gasteiger charge is -2.04. The van der Waals surface area contributed by atoms with Gasteiger partial charge in [0.15, 0.2) is 11.6 Å². The first kappa shape index (κ1) is 11.6. The molecule has 3 rings (SSSR count). The van der Waals surface area contributed by atoms with Gasteiger partial charge in [0.05, 0.1) is 0 Å². The third-order valence-electron chi connectivity index (χ3n) is 2.79. The first-order valence-electron chi connectivity index (χ1n) is 5.76. The van der Waals surface area contributed by atoms with E-state index in [0.717, 1.165) is 35.8 Å². The highest BCUT2D eigenvalue weighted by molar-refractivity contribution is 7.07. The highest BCUT2D eigenvalue weighted by Crippen LogP contribution is 2.40. The average molecular weight is 265 g/mol. The van der Waals surface area contributed by atoms with E-state index < -0.39 is 5.82 Å². The van der Waals surface area contributed by atoms with Gasteiger partial charge in [0.2, 0.25) is 0 Å². The number of benzene rings is 1. The molecule has 6 heteroatoms. The molecular formula is C12H12FN3OS.